The van der Waals surface area contributed by atoms with E-state index in [1.807, 2.05) is 25.4 Å². The lowest BCUT2D eigenvalue weighted by Gasteiger charge is -2.09. The molecule has 7 nitrogen and oxygen atoms in total. The van der Waals surface area contributed by atoms with E-state index in [1.165, 1.54) is 12.8 Å². The fourth-order valence-electron chi connectivity index (χ4n) is 2.69. The van der Waals surface area contributed by atoms with Gasteiger partial charge in [0.1, 0.15) is 11.8 Å². The van der Waals surface area contributed by atoms with Gasteiger partial charge in [0.2, 0.25) is 0 Å². The number of anilines is 1. The second kappa shape index (κ2) is 5.19. The van der Waals surface area contributed by atoms with Crippen molar-refractivity contribution in [1.29, 1.82) is 0 Å². The average molecular weight is 310 g/mol. The summed E-state index contributed by atoms with van der Waals surface area (Å²) in [5.41, 5.74) is 3.24. The molecular formula is C16H18N6O. The smallest absolute Gasteiger partial charge is 0.255 e. The zero-order valence-electron chi connectivity index (χ0n) is 13.2. The Hall–Kier alpha value is -2.70. The quantitative estimate of drug-likeness (QED) is 0.795. The number of imidazole rings is 1. The molecule has 0 unspecified atom stereocenters. The summed E-state index contributed by atoms with van der Waals surface area (Å²) in [5.74, 6) is 0.664. The van der Waals surface area contributed by atoms with Gasteiger partial charge in [-0.2, -0.15) is 0 Å². The van der Waals surface area contributed by atoms with Crippen molar-refractivity contribution in [3.05, 3.63) is 46.4 Å². The van der Waals surface area contributed by atoms with Crippen LogP contribution in [0.4, 0.5) is 5.82 Å². The van der Waals surface area contributed by atoms with E-state index < -0.39 is 0 Å². The maximum atomic E-state index is 12.2. The molecule has 0 atom stereocenters. The van der Waals surface area contributed by atoms with Crippen LogP contribution in [0, 0.1) is 6.92 Å². The Bertz CT molecular complexity index is 937. The molecule has 0 spiro atoms. The number of rotatable bonds is 4. The third-order valence-corrected chi connectivity index (χ3v) is 4.38. The largest absolute Gasteiger partial charge is 0.364 e. The Kier molecular flexibility index (Phi) is 3.14. The number of nitrogens with one attached hydrogen (secondary N) is 1. The summed E-state index contributed by atoms with van der Waals surface area (Å²) in [6.07, 6.45) is 5.72. The molecule has 0 aromatic carbocycles. The van der Waals surface area contributed by atoms with E-state index in [0.717, 1.165) is 16.9 Å². The summed E-state index contributed by atoms with van der Waals surface area (Å²) >= 11 is 0. The molecule has 3 heterocycles. The highest BCUT2D eigenvalue weighted by Crippen LogP contribution is 2.37. The maximum Gasteiger partial charge on any atom is 0.255 e. The van der Waals surface area contributed by atoms with Gasteiger partial charge in [0.15, 0.2) is 11.5 Å². The molecule has 0 saturated heterocycles. The van der Waals surface area contributed by atoms with E-state index in [1.54, 1.807) is 17.9 Å². The van der Waals surface area contributed by atoms with Crippen molar-refractivity contribution in [2.24, 2.45) is 7.05 Å². The predicted molar refractivity (Wildman–Crippen MR) is 87.3 cm³/mol. The highest BCUT2D eigenvalue weighted by atomic mass is 16.1. The van der Waals surface area contributed by atoms with Crippen LogP contribution in [0.2, 0.25) is 0 Å². The molecule has 3 aromatic heterocycles. The average Bonchev–Trinajstić information content (AvgIpc) is 3.31. The third kappa shape index (κ3) is 2.38. The Morgan fingerprint density at radius 1 is 1.26 bits per heavy atom. The zero-order chi connectivity index (χ0) is 16.0. The number of aromatic nitrogens is 5. The normalized spacial score (nSPS) is 14.3. The molecule has 7 heteroatoms. The van der Waals surface area contributed by atoms with Gasteiger partial charge in [-0.25, -0.2) is 15.0 Å². The van der Waals surface area contributed by atoms with Crippen molar-refractivity contribution in [2.75, 3.05) is 5.32 Å². The maximum absolute atomic E-state index is 12.2. The van der Waals surface area contributed by atoms with Crippen LogP contribution in [0.25, 0.3) is 11.2 Å². The van der Waals surface area contributed by atoms with Crippen LogP contribution >= 0.6 is 0 Å². The fraction of sp³-hybridized carbons (Fsp3) is 0.375. The number of aryl methyl sites for hydroxylation is 1. The number of hydrogen-bond acceptors (Lipinski definition) is 5. The summed E-state index contributed by atoms with van der Waals surface area (Å²) in [5, 5.41) is 3.22. The molecule has 1 fully saturated rings. The summed E-state index contributed by atoms with van der Waals surface area (Å²) in [6, 6.07) is 4.31. The van der Waals surface area contributed by atoms with E-state index in [4.69, 9.17) is 0 Å². The summed E-state index contributed by atoms with van der Waals surface area (Å²) < 4.78 is 3.75. The SMILES string of the molecule is Cc1ccc(CNc2ncnc3c2ncn3C2CC2)c(=O)n1C. The van der Waals surface area contributed by atoms with Crippen molar-refractivity contribution in [3.63, 3.8) is 0 Å². The summed E-state index contributed by atoms with van der Waals surface area (Å²) in [4.78, 5) is 25.3. The second-order valence-corrected chi connectivity index (χ2v) is 6.00. The van der Waals surface area contributed by atoms with Crippen molar-refractivity contribution >= 4 is 17.0 Å². The number of fused-ring (bicyclic) bond motifs is 1. The lowest BCUT2D eigenvalue weighted by atomic mass is 10.2. The molecule has 1 aliphatic rings. The second-order valence-electron chi connectivity index (χ2n) is 6.00. The molecule has 1 saturated carbocycles. The Balaban J connectivity index is 1.63. The van der Waals surface area contributed by atoms with Crippen LogP contribution in [0.3, 0.4) is 0 Å². The van der Waals surface area contributed by atoms with Gasteiger partial charge in [0.25, 0.3) is 5.56 Å². The molecule has 0 radical (unpaired) electrons. The molecule has 118 valence electrons. The van der Waals surface area contributed by atoms with E-state index in [-0.39, 0.29) is 5.56 Å². The van der Waals surface area contributed by atoms with E-state index in [0.29, 0.717) is 24.0 Å². The number of pyridine rings is 1. The minimum atomic E-state index is 0.00584. The Morgan fingerprint density at radius 3 is 2.87 bits per heavy atom. The van der Waals surface area contributed by atoms with Crippen LogP contribution < -0.4 is 10.9 Å². The lowest BCUT2D eigenvalue weighted by molar-refractivity contribution is 0.756. The van der Waals surface area contributed by atoms with Gasteiger partial charge >= 0.3 is 0 Å². The van der Waals surface area contributed by atoms with Crippen LogP contribution in [0.1, 0.15) is 30.1 Å². The van der Waals surface area contributed by atoms with E-state index >= 15 is 0 Å². The van der Waals surface area contributed by atoms with E-state index in [2.05, 4.69) is 24.8 Å². The number of nitrogens with zero attached hydrogens (tertiary/aromatic N) is 5. The topological polar surface area (TPSA) is 77.6 Å². The van der Waals surface area contributed by atoms with Gasteiger partial charge in [0, 0.05) is 30.9 Å². The predicted octanol–water partition coefficient (Wildman–Crippen LogP) is 1.78. The first-order chi connectivity index (χ1) is 11.1. The molecule has 1 N–H and O–H groups in total. The molecule has 3 aromatic rings. The van der Waals surface area contributed by atoms with Gasteiger partial charge < -0.3 is 14.5 Å². The number of hydrogen-bond donors (Lipinski definition) is 1. The van der Waals surface area contributed by atoms with Gasteiger partial charge in [-0.3, -0.25) is 4.79 Å². The fourth-order valence-corrected chi connectivity index (χ4v) is 2.69. The zero-order valence-corrected chi connectivity index (χ0v) is 13.2. The van der Waals surface area contributed by atoms with Crippen molar-refractivity contribution in [1.82, 2.24) is 24.1 Å². The van der Waals surface area contributed by atoms with E-state index in [9.17, 15) is 4.79 Å². The van der Waals surface area contributed by atoms with Gasteiger partial charge in [-0.05, 0) is 25.8 Å². The lowest BCUT2D eigenvalue weighted by Crippen LogP contribution is -2.24. The van der Waals surface area contributed by atoms with Crippen molar-refractivity contribution < 1.29 is 0 Å². The highest BCUT2D eigenvalue weighted by molar-refractivity contribution is 5.82. The third-order valence-electron chi connectivity index (χ3n) is 4.38. The minimum Gasteiger partial charge on any atom is -0.364 e. The van der Waals surface area contributed by atoms with Gasteiger partial charge in [-0.15, -0.1) is 0 Å². The molecule has 1 aliphatic carbocycles. The Labute approximate surface area is 133 Å². The first-order valence-corrected chi connectivity index (χ1v) is 7.72. The van der Waals surface area contributed by atoms with Gasteiger partial charge in [0.05, 0.1) is 6.33 Å². The monoisotopic (exact) mass is 310 g/mol. The summed E-state index contributed by atoms with van der Waals surface area (Å²) in [7, 11) is 1.78. The molecule has 0 bridgehead atoms. The van der Waals surface area contributed by atoms with Crippen LogP contribution in [0.15, 0.2) is 29.6 Å². The standard InChI is InChI=1S/C16H18N6O/c1-10-3-4-11(16(23)21(10)2)7-17-14-13-15(19-8-18-14)22(9-20-13)12-5-6-12/h3-4,8-9,12H,5-7H2,1-2H3,(H,17,18,19). The molecule has 0 amide bonds. The van der Waals surface area contributed by atoms with Crippen LogP contribution in [-0.2, 0) is 13.6 Å². The van der Waals surface area contributed by atoms with Gasteiger partial charge in [-0.1, -0.05) is 6.07 Å². The highest BCUT2D eigenvalue weighted by Gasteiger charge is 2.26. The van der Waals surface area contributed by atoms with Crippen molar-refractivity contribution in [3.8, 4) is 0 Å². The first kappa shape index (κ1) is 13.9. The van der Waals surface area contributed by atoms with Crippen LogP contribution in [-0.4, -0.2) is 24.1 Å². The molecular weight excluding hydrogens is 292 g/mol. The molecule has 23 heavy (non-hydrogen) atoms. The summed E-state index contributed by atoms with van der Waals surface area (Å²) in [6.45, 7) is 2.33. The first-order valence-electron chi connectivity index (χ1n) is 7.72. The Morgan fingerprint density at radius 2 is 2.09 bits per heavy atom. The minimum absolute atomic E-state index is 0.00584. The molecule has 4 rings (SSSR count). The van der Waals surface area contributed by atoms with Crippen molar-refractivity contribution in [2.45, 2.75) is 32.4 Å². The molecule has 0 aliphatic heterocycles. The van der Waals surface area contributed by atoms with Crippen LogP contribution in [0.5, 0.6) is 0 Å².